The van der Waals surface area contributed by atoms with Crippen molar-refractivity contribution in [2.75, 3.05) is 19.6 Å². The van der Waals surface area contributed by atoms with Gasteiger partial charge in [0.25, 0.3) is 0 Å². The Hall–Kier alpha value is -1.67. The van der Waals surface area contributed by atoms with E-state index in [0.717, 1.165) is 4.90 Å². The minimum atomic E-state index is -1.28. The first-order valence-corrected chi connectivity index (χ1v) is 5.04. The summed E-state index contributed by atoms with van der Waals surface area (Å²) in [7, 11) is 0. The van der Waals surface area contributed by atoms with E-state index in [1.165, 1.54) is 0 Å². The summed E-state index contributed by atoms with van der Waals surface area (Å²) in [5.41, 5.74) is 0. The van der Waals surface area contributed by atoms with Crippen LogP contribution in [-0.4, -0.2) is 69.8 Å². The molecule has 0 aromatic carbocycles. The van der Waals surface area contributed by atoms with Crippen molar-refractivity contribution in [3.63, 3.8) is 0 Å². The van der Waals surface area contributed by atoms with Gasteiger partial charge in [-0.1, -0.05) is 0 Å². The summed E-state index contributed by atoms with van der Waals surface area (Å²) in [6.07, 6.45) is -0.505. The van der Waals surface area contributed by atoms with Gasteiger partial charge in [-0.3, -0.25) is 14.4 Å². The molecule has 96 valence electrons. The number of carboxylic acid groups (broad SMARTS) is 2. The molecule has 0 aromatic heterocycles. The lowest BCUT2D eigenvalue weighted by molar-refractivity contribution is -0.150. The van der Waals surface area contributed by atoms with Gasteiger partial charge in [-0.05, 0) is 6.42 Å². The van der Waals surface area contributed by atoms with Crippen molar-refractivity contribution in [2.24, 2.45) is 0 Å². The van der Waals surface area contributed by atoms with Gasteiger partial charge < -0.3 is 25.5 Å². The first-order valence-electron chi connectivity index (χ1n) is 5.04. The largest absolute Gasteiger partial charge is 0.480 e. The quantitative estimate of drug-likeness (QED) is 0.430. The smallest absolute Gasteiger partial charge is 0.323 e. The Morgan fingerprint density at radius 3 is 2.06 bits per heavy atom. The second kappa shape index (κ2) is 5.60. The van der Waals surface area contributed by atoms with Crippen molar-refractivity contribution >= 4 is 17.8 Å². The predicted molar refractivity (Wildman–Crippen MR) is 54.3 cm³/mol. The third kappa shape index (κ3) is 4.00. The van der Waals surface area contributed by atoms with Crippen LogP contribution in [0.4, 0.5) is 0 Å². The van der Waals surface area contributed by atoms with E-state index in [4.69, 9.17) is 10.2 Å². The lowest BCUT2D eigenvalue weighted by atomic mass is 10.2. The molecule has 0 aromatic rings. The molecule has 8 heteroatoms. The molecule has 0 radical (unpaired) electrons. The normalized spacial score (nSPS) is 23.4. The molecule has 8 nitrogen and oxygen atoms in total. The highest BCUT2D eigenvalue weighted by Crippen LogP contribution is 2.09. The molecule has 0 saturated carbocycles. The molecule has 17 heavy (non-hydrogen) atoms. The van der Waals surface area contributed by atoms with Crippen molar-refractivity contribution in [2.45, 2.75) is 18.6 Å². The molecule has 1 aliphatic rings. The van der Waals surface area contributed by atoms with Gasteiger partial charge in [0.2, 0.25) is 5.91 Å². The topological polar surface area (TPSA) is 127 Å². The van der Waals surface area contributed by atoms with Crippen LogP contribution in [0.5, 0.6) is 0 Å². The van der Waals surface area contributed by atoms with E-state index in [2.05, 4.69) is 5.32 Å². The zero-order chi connectivity index (χ0) is 13.0. The maximum Gasteiger partial charge on any atom is 0.323 e. The summed E-state index contributed by atoms with van der Waals surface area (Å²) < 4.78 is 0. The first kappa shape index (κ1) is 13.4. The average molecular weight is 246 g/mol. The van der Waals surface area contributed by atoms with E-state index >= 15 is 0 Å². The summed E-state index contributed by atoms with van der Waals surface area (Å²) in [5.74, 6) is -3.18. The van der Waals surface area contributed by atoms with Crippen molar-refractivity contribution in [3.05, 3.63) is 0 Å². The van der Waals surface area contributed by atoms with Crippen LogP contribution >= 0.6 is 0 Å². The number of hydrogen-bond donors (Lipinski definition) is 4. The third-order valence-electron chi connectivity index (χ3n) is 2.37. The number of rotatable bonds is 5. The van der Waals surface area contributed by atoms with Crippen molar-refractivity contribution < 1.29 is 29.7 Å². The summed E-state index contributed by atoms with van der Waals surface area (Å²) in [4.78, 5) is 33.6. The van der Waals surface area contributed by atoms with E-state index in [-0.39, 0.29) is 13.0 Å². The fourth-order valence-electron chi connectivity index (χ4n) is 1.66. The summed E-state index contributed by atoms with van der Waals surface area (Å²) in [6.45, 7) is -1.09. The number of nitrogens with one attached hydrogen (secondary N) is 1. The number of aliphatic carboxylic acids is 2. The molecule has 0 spiro atoms. The van der Waals surface area contributed by atoms with E-state index < -0.39 is 43.1 Å². The number of carbonyl (C=O) groups is 3. The van der Waals surface area contributed by atoms with Crippen LogP contribution in [-0.2, 0) is 14.4 Å². The molecule has 1 heterocycles. The van der Waals surface area contributed by atoms with Crippen LogP contribution in [0, 0.1) is 0 Å². The minimum Gasteiger partial charge on any atom is -0.480 e. The first-order chi connectivity index (χ1) is 7.90. The van der Waals surface area contributed by atoms with Gasteiger partial charge in [0.05, 0.1) is 12.1 Å². The lowest BCUT2D eigenvalue weighted by Gasteiger charge is -2.22. The van der Waals surface area contributed by atoms with E-state index in [1.807, 2.05) is 0 Å². The highest BCUT2D eigenvalue weighted by molar-refractivity contribution is 5.88. The number of hydrogen-bond acceptors (Lipinski definition) is 5. The van der Waals surface area contributed by atoms with Crippen LogP contribution < -0.4 is 5.32 Å². The zero-order valence-corrected chi connectivity index (χ0v) is 9.00. The number of carbonyl (C=O) groups excluding carboxylic acids is 1. The van der Waals surface area contributed by atoms with Gasteiger partial charge in [-0.2, -0.15) is 0 Å². The number of aliphatic hydroxyl groups excluding tert-OH is 1. The second-order valence-electron chi connectivity index (χ2n) is 3.83. The predicted octanol–water partition coefficient (Wildman–Crippen LogP) is -2.29. The van der Waals surface area contributed by atoms with Gasteiger partial charge in [-0.15, -0.1) is 0 Å². The molecule has 1 amide bonds. The Labute approximate surface area is 96.8 Å². The van der Waals surface area contributed by atoms with Gasteiger partial charge >= 0.3 is 11.9 Å². The van der Waals surface area contributed by atoms with Crippen molar-refractivity contribution in [1.29, 1.82) is 0 Å². The zero-order valence-electron chi connectivity index (χ0n) is 9.00. The molecule has 0 bridgehead atoms. The number of aliphatic hydroxyl groups is 1. The van der Waals surface area contributed by atoms with Crippen LogP contribution in [0.3, 0.4) is 0 Å². The Balaban J connectivity index is 2.64. The Kier molecular flexibility index (Phi) is 4.41. The molecule has 1 saturated heterocycles. The molecule has 2 atom stereocenters. The SMILES string of the molecule is O=C(O)CN(CC(=O)O)C(=O)C1CC(O)CN1. The monoisotopic (exact) mass is 246 g/mol. The van der Waals surface area contributed by atoms with Crippen LogP contribution in [0.2, 0.25) is 0 Å². The standard InChI is InChI=1S/C9H14N2O6/c12-5-1-6(10-2-5)9(17)11(3-7(13)14)4-8(15)16/h5-6,10,12H,1-4H2,(H,13,14)(H,15,16). The van der Waals surface area contributed by atoms with Crippen LogP contribution in [0.25, 0.3) is 0 Å². The van der Waals surface area contributed by atoms with E-state index in [1.54, 1.807) is 0 Å². The Bertz CT molecular complexity index is 315. The lowest BCUT2D eigenvalue weighted by Crippen LogP contribution is -2.47. The Morgan fingerprint density at radius 2 is 1.71 bits per heavy atom. The molecule has 2 unspecified atom stereocenters. The van der Waals surface area contributed by atoms with Gasteiger partial charge in [0.15, 0.2) is 0 Å². The van der Waals surface area contributed by atoms with Gasteiger partial charge in [0, 0.05) is 6.54 Å². The van der Waals surface area contributed by atoms with Crippen LogP contribution in [0.1, 0.15) is 6.42 Å². The second-order valence-corrected chi connectivity index (χ2v) is 3.83. The summed E-state index contributed by atoms with van der Waals surface area (Å²) in [5, 5.41) is 29.1. The fraction of sp³-hybridized carbons (Fsp3) is 0.667. The third-order valence-corrected chi connectivity index (χ3v) is 2.37. The summed E-state index contributed by atoms with van der Waals surface area (Å²) in [6, 6.07) is -0.719. The molecule has 1 fully saturated rings. The number of nitrogens with zero attached hydrogens (tertiary/aromatic N) is 1. The number of amides is 1. The molecule has 0 aliphatic carbocycles. The maximum absolute atomic E-state index is 11.8. The molecule has 1 rings (SSSR count). The van der Waals surface area contributed by atoms with E-state index in [9.17, 15) is 19.5 Å². The molecule has 4 N–H and O–H groups in total. The highest BCUT2D eigenvalue weighted by atomic mass is 16.4. The molecular weight excluding hydrogens is 232 g/mol. The number of β-amino-alcohol motifs (C(OH)–C–C–N with tert-alkyl or cyclic N) is 1. The summed E-state index contributed by atoms with van der Waals surface area (Å²) >= 11 is 0. The minimum absolute atomic E-state index is 0.161. The van der Waals surface area contributed by atoms with Crippen LogP contribution in [0.15, 0.2) is 0 Å². The van der Waals surface area contributed by atoms with E-state index in [0.29, 0.717) is 0 Å². The highest BCUT2D eigenvalue weighted by Gasteiger charge is 2.32. The molecule has 1 aliphatic heterocycles. The average Bonchev–Trinajstić information content (AvgIpc) is 2.61. The number of carboxylic acids is 2. The van der Waals surface area contributed by atoms with Gasteiger partial charge in [0.1, 0.15) is 13.1 Å². The fourth-order valence-corrected chi connectivity index (χ4v) is 1.66. The Morgan fingerprint density at radius 1 is 1.18 bits per heavy atom. The van der Waals surface area contributed by atoms with Gasteiger partial charge in [-0.25, -0.2) is 0 Å². The van der Waals surface area contributed by atoms with Crippen molar-refractivity contribution in [3.8, 4) is 0 Å². The van der Waals surface area contributed by atoms with Crippen molar-refractivity contribution in [1.82, 2.24) is 10.2 Å². The maximum atomic E-state index is 11.8. The molecular formula is C9H14N2O6.